The molecule has 1 aliphatic heterocycles. The van der Waals surface area contributed by atoms with E-state index in [-0.39, 0.29) is 11.8 Å². The van der Waals surface area contributed by atoms with Crippen molar-refractivity contribution in [1.29, 1.82) is 0 Å². The predicted molar refractivity (Wildman–Crippen MR) is 92.3 cm³/mol. The van der Waals surface area contributed by atoms with Crippen molar-refractivity contribution in [1.82, 2.24) is 4.90 Å². The van der Waals surface area contributed by atoms with Crippen molar-refractivity contribution in [2.45, 2.75) is 24.6 Å². The monoisotopic (exact) mass is 373 g/mol. The van der Waals surface area contributed by atoms with Gasteiger partial charge < -0.3 is 0 Å². The summed E-state index contributed by atoms with van der Waals surface area (Å²) in [5, 5.41) is 1.21. The van der Waals surface area contributed by atoms with Crippen LogP contribution in [0.3, 0.4) is 0 Å². The van der Waals surface area contributed by atoms with Crippen LogP contribution in [0.1, 0.15) is 40.0 Å². The Bertz CT molecular complexity index is 665. The number of nitrogens with zero attached hydrogens (tertiary/aromatic N) is 1. The second-order valence-corrected chi connectivity index (χ2v) is 7.98. The molecule has 0 spiro atoms. The Morgan fingerprint density at radius 1 is 0.739 bits per heavy atom. The molecule has 2 amide bonds. The van der Waals surface area contributed by atoms with Gasteiger partial charge in [0.15, 0.2) is 0 Å². The third kappa shape index (κ3) is 3.72. The van der Waals surface area contributed by atoms with E-state index in [0.717, 1.165) is 19.3 Å². The number of benzene rings is 2. The molecule has 1 aliphatic rings. The van der Waals surface area contributed by atoms with E-state index in [1.54, 1.807) is 24.3 Å². The summed E-state index contributed by atoms with van der Waals surface area (Å²) in [6.07, 6.45) is 3.09. The van der Waals surface area contributed by atoms with Crippen molar-refractivity contribution in [3.8, 4) is 0 Å². The van der Waals surface area contributed by atoms with E-state index < -0.39 is 0 Å². The fourth-order valence-electron chi connectivity index (χ4n) is 2.70. The molecule has 1 heterocycles. The van der Waals surface area contributed by atoms with Gasteiger partial charge in [0, 0.05) is 0 Å². The number of unbranched alkanes of at least 4 members (excludes halogenated alkanes) is 2. The van der Waals surface area contributed by atoms with Gasteiger partial charge in [-0.2, -0.15) is 0 Å². The second-order valence-electron chi connectivity index (χ2n) is 5.53. The van der Waals surface area contributed by atoms with Crippen LogP contribution >= 0.6 is 0 Å². The Balaban J connectivity index is 1.40. The van der Waals surface area contributed by atoms with Crippen molar-refractivity contribution in [3.05, 3.63) is 65.7 Å². The molecule has 0 saturated heterocycles. The summed E-state index contributed by atoms with van der Waals surface area (Å²) in [6, 6.07) is 17.6. The molecule has 4 heteroatoms. The maximum absolute atomic E-state index is 12.2. The number of carbonyl (C=O) groups is 2. The summed E-state index contributed by atoms with van der Waals surface area (Å²) in [5.41, 5.74) is 1.09. The zero-order valence-corrected chi connectivity index (χ0v) is 14.6. The van der Waals surface area contributed by atoms with Crippen LogP contribution < -0.4 is 4.46 Å². The fourth-order valence-corrected chi connectivity index (χ4v) is 4.66. The molecule has 0 atom stereocenters. The van der Waals surface area contributed by atoms with Gasteiger partial charge in [0.1, 0.15) is 0 Å². The standard InChI is InChI=1S/C19H19NO2Se/c21-18-16-11-5-6-12-17(16)19(22)20(18)13-7-2-8-14-23-15-9-3-1-4-10-15/h1,3-6,9-12H,2,7-8,13-14H2. The molecule has 0 aromatic heterocycles. The molecule has 0 saturated carbocycles. The van der Waals surface area contributed by atoms with Crippen LogP contribution in [0, 0.1) is 0 Å². The molecule has 0 radical (unpaired) electrons. The quantitative estimate of drug-likeness (QED) is 0.426. The molecule has 2 aromatic carbocycles. The number of carbonyl (C=O) groups excluding carboxylic acids is 2. The third-order valence-electron chi connectivity index (χ3n) is 3.92. The third-order valence-corrected chi connectivity index (χ3v) is 6.22. The van der Waals surface area contributed by atoms with Gasteiger partial charge in [0.05, 0.1) is 0 Å². The molecule has 0 aliphatic carbocycles. The van der Waals surface area contributed by atoms with E-state index in [1.165, 1.54) is 14.7 Å². The Kier molecular flexibility index (Phi) is 5.27. The van der Waals surface area contributed by atoms with Crippen LogP contribution in [-0.4, -0.2) is 38.2 Å². The van der Waals surface area contributed by atoms with Crippen molar-refractivity contribution in [2.24, 2.45) is 0 Å². The maximum atomic E-state index is 12.2. The van der Waals surface area contributed by atoms with Crippen molar-refractivity contribution in [2.75, 3.05) is 6.54 Å². The van der Waals surface area contributed by atoms with Crippen LogP contribution in [-0.2, 0) is 0 Å². The van der Waals surface area contributed by atoms with Gasteiger partial charge in [-0.15, -0.1) is 0 Å². The molecule has 3 rings (SSSR count). The minimum absolute atomic E-state index is 0.140. The van der Waals surface area contributed by atoms with Crippen molar-refractivity contribution < 1.29 is 9.59 Å². The van der Waals surface area contributed by atoms with Crippen molar-refractivity contribution in [3.63, 3.8) is 0 Å². The van der Waals surface area contributed by atoms with Gasteiger partial charge in [-0.1, -0.05) is 0 Å². The van der Waals surface area contributed by atoms with Gasteiger partial charge in [-0.05, 0) is 0 Å². The summed E-state index contributed by atoms with van der Waals surface area (Å²) in [4.78, 5) is 25.8. The summed E-state index contributed by atoms with van der Waals surface area (Å²) >= 11 is 0.525. The normalized spacial score (nSPS) is 13.5. The first-order valence-electron chi connectivity index (χ1n) is 7.90. The zero-order chi connectivity index (χ0) is 16.1. The molecule has 0 N–H and O–H groups in total. The first kappa shape index (κ1) is 16.0. The summed E-state index contributed by atoms with van der Waals surface area (Å²) in [7, 11) is 0. The number of rotatable bonds is 7. The molecular formula is C19H19NO2Se. The Morgan fingerprint density at radius 2 is 1.35 bits per heavy atom. The van der Waals surface area contributed by atoms with Gasteiger partial charge in [0.25, 0.3) is 0 Å². The van der Waals surface area contributed by atoms with Crippen LogP contribution in [0.4, 0.5) is 0 Å². The number of imide groups is 1. The molecule has 0 bridgehead atoms. The predicted octanol–water partition coefficient (Wildman–Crippen LogP) is 2.90. The van der Waals surface area contributed by atoms with Gasteiger partial charge in [-0.3, -0.25) is 0 Å². The topological polar surface area (TPSA) is 37.4 Å². The van der Waals surface area contributed by atoms with Crippen molar-refractivity contribution >= 4 is 31.2 Å². The Morgan fingerprint density at radius 3 is 2.00 bits per heavy atom. The summed E-state index contributed by atoms with van der Waals surface area (Å²) in [6.45, 7) is 0.532. The van der Waals surface area contributed by atoms with Crippen LogP contribution in [0.25, 0.3) is 0 Å². The average molecular weight is 372 g/mol. The Hall–Kier alpha value is -1.90. The molecule has 2 aromatic rings. The zero-order valence-electron chi connectivity index (χ0n) is 12.9. The first-order chi connectivity index (χ1) is 11.3. The molecular weight excluding hydrogens is 353 g/mol. The van der Waals surface area contributed by atoms with E-state index in [2.05, 4.69) is 24.3 Å². The van der Waals surface area contributed by atoms with Crippen LogP contribution in [0.5, 0.6) is 0 Å². The number of fused-ring (bicyclic) bond motifs is 1. The number of hydrogen-bond donors (Lipinski definition) is 0. The van der Waals surface area contributed by atoms with E-state index in [1.807, 2.05) is 6.07 Å². The summed E-state index contributed by atoms with van der Waals surface area (Å²) in [5.74, 6) is -0.279. The van der Waals surface area contributed by atoms with E-state index >= 15 is 0 Å². The molecule has 23 heavy (non-hydrogen) atoms. The number of amides is 2. The Labute approximate surface area is 142 Å². The minimum atomic E-state index is -0.140. The molecule has 0 fully saturated rings. The first-order valence-corrected chi connectivity index (χ1v) is 9.97. The summed E-state index contributed by atoms with van der Waals surface area (Å²) < 4.78 is 1.43. The van der Waals surface area contributed by atoms with E-state index in [4.69, 9.17) is 0 Å². The van der Waals surface area contributed by atoms with E-state index in [9.17, 15) is 9.59 Å². The average Bonchev–Trinajstić information content (AvgIpc) is 2.84. The molecule has 3 nitrogen and oxygen atoms in total. The van der Waals surface area contributed by atoms with Gasteiger partial charge in [0.2, 0.25) is 0 Å². The van der Waals surface area contributed by atoms with Crippen LogP contribution in [0.2, 0.25) is 5.32 Å². The van der Waals surface area contributed by atoms with E-state index in [0.29, 0.717) is 32.6 Å². The molecule has 0 unspecified atom stereocenters. The van der Waals surface area contributed by atoms with Gasteiger partial charge >= 0.3 is 143 Å². The molecule has 118 valence electrons. The second kappa shape index (κ2) is 7.58. The van der Waals surface area contributed by atoms with Gasteiger partial charge in [-0.25, -0.2) is 0 Å². The number of hydrogen-bond acceptors (Lipinski definition) is 2. The SMILES string of the molecule is O=C1c2ccccc2C(=O)N1CCCCC[Se]c1ccccc1. The fraction of sp³-hybridized carbons (Fsp3) is 0.263. The van der Waals surface area contributed by atoms with Crippen LogP contribution in [0.15, 0.2) is 54.6 Å².